The van der Waals surface area contributed by atoms with Crippen LogP contribution < -0.4 is 4.90 Å². The van der Waals surface area contributed by atoms with Gasteiger partial charge < -0.3 is 9.32 Å². The Morgan fingerprint density at radius 3 is 1.80 bits per heavy atom. The lowest BCUT2D eigenvalue weighted by Gasteiger charge is -2.28. The van der Waals surface area contributed by atoms with Gasteiger partial charge in [-0.3, -0.25) is 0 Å². The van der Waals surface area contributed by atoms with Crippen LogP contribution in [-0.2, 0) is 5.41 Å². The van der Waals surface area contributed by atoms with E-state index in [0.29, 0.717) is 0 Å². The second-order valence-corrected chi connectivity index (χ2v) is 12.2. The van der Waals surface area contributed by atoms with Crippen molar-refractivity contribution in [3.8, 4) is 33.6 Å². The van der Waals surface area contributed by atoms with Gasteiger partial charge >= 0.3 is 0 Å². The van der Waals surface area contributed by atoms with Gasteiger partial charge in [-0.2, -0.15) is 0 Å². The molecule has 0 spiro atoms. The second kappa shape index (κ2) is 11.4. The molecule has 7 aromatic rings. The van der Waals surface area contributed by atoms with E-state index in [0.717, 1.165) is 34.0 Å². The predicted molar refractivity (Wildman–Crippen MR) is 186 cm³/mol. The van der Waals surface area contributed by atoms with Crippen LogP contribution in [0, 0.1) is 0 Å². The Bertz CT molecular complexity index is 2030. The lowest BCUT2D eigenvalue weighted by Crippen LogP contribution is -2.12. The third kappa shape index (κ3) is 5.20. The Morgan fingerprint density at radius 2 is 1.07 bits per heavy atom. The topological polar surface area (TPSA) is 16.4 Å². The highest BCUT2D eigenvalue weighted by Crippen LogP contribution is 2.45. The quantitative estimate of drug-likeness (QED) is 0.198. The molecule has 0 unspecified atom stereocenters. The average molecular weight is 570 g/mol. The maximum absolute atomic E-state index is 6.60. The standard InChI is InChI=1S/C42H35NO/c1-42(2,3)40-37-22-11-13-24-39(37)44-41(40)33-19-14-20-35(29-33)43(34-27-25-31(26-28-34)30-15-6-4-7-16-30)38-23-12-10-21-36(38)32-17-8-5-9-18-32/h4-29H,1-3H3. The van der Waals surface area contributed by atoms with Crippen LogP contribution in [0.25, 0.3) is 44.5 Å². The van der Waals surface area contributed by atoms with Crippen molar-refractivity contribution in [3.05, 3.63) is 163 Å². The molecule has 0 saturated heterocycles. The van der Waals surface area contributed by atoms with Crippen LogP contribution in [0.5, 0.6) is 0 Å². The first-order valence-corrected chi connectivity index (χ1v) is 15.2. The summed E-state index contributed by atoms with van der Waals surface area (Å²) in [4.78, 5) is 2.36. The molecule has 2 nitrogen and oxygen atoms in total. The van der Waals surface area contributed by atoms with E-state index in [1.807, 2.05) is 6.07 Å². The minimum atomic E-state index is -0.0925. The van der Waals surface area contributed by atoms with E-state index >= 15 is 0 Å². The summed E-state index contributed by atoms with van der Waals surface area (Å²) in [6.45, 7) is 6.77. The zero-order chi connectivity index (χ0) is 30.1. The van der Waals surface area contributed by atoms with Gasteiger partial charge in [0.2, 0.25) is 0 Å². The van der Waals surface area contributed by atoms with E-state index in [4.69, 9.17) is 4.42 Å². The summed E-state index contributed by atoms with van der Waals surface area (Å²) in [6.07, 6.45) is 0. The molecule has 44 heavy (non-hydrogen) atoms. The molecule has 1 heterocycles. The highest BCUT2D eigenvalue weighted by atomic mass is 16.3. The summed E-state index contributed by atoms with van der Waals surface area (Å²) in [6, 6.07) is 55.8. The number of benzene rings is 6. The fourth-order valence-electron chi connectivity index (χ4n) is 6.17. The summed E-state index contributed by atoms with van der Waals surface area (Å²) >= 11 is 0. The number of rotatable bonds is 6. The largest absolute Gasteiger partial charge is 0.456 e. The van der Waals surface area contributed by atoms with Crippen molar-refractivity contribution >= 4 is 28.0 Å². The molecule has 0 radical (unpaired) electrons. The predicted octanol–water partition coefficient (Wildman–Crippen LogP) is 12.2. The van der Waals surface area contributed by atoms with Gasteiger partial charge in [0.05, 0.1) is 5.69 Å². The lowest BCUT2D eigenvalue weighted by atomic mass is 9.83. The van der Waals surface area contributed by atoms with Crippen molar-refractivity contribution in [3.63, 3.8) is 0 Å². The molecule has 0 saturated carbocycles. The maximum Gasteiger partial charge on any atom is 0.139 e. The summed E-state index contributed by atoms with van der Waals surface area (Å²) in [7, 11) is 0. The smallest absolute Gasteiger partial charge is 0.139 e. The van der Waals surface area contributed by atoms with Crippen molar-refractivity contribution in [2.45, 2.75) is 26.2 Å². The molecule has 0 bridgehead atoms. The molecule has 0 amide bonds. The molecule has 0 fully saturated rings. The lowest BCUT2D eigenvalue weighted by molar-refractivity contribution is 0.568. The monoisotopic (exact) mass is 569 g/mol. The number of fused-ring (bicyclic) bond motifs is 1. The molecule has 0 atom stereocenters. The average Bonchev–Trinajstić information content (AvgIpc) is 3.47. The van der Waals surface area contributed by atoms with Crippen LogP contribution in [0.2, 0.25) is 0 Å². The highest BCUT2D eigenvalue weighted by Gasteiger charge is 2.27. The molecular weight excluding hydrogens is 534 g/mol. The Morgan fingerprint density at radius 1 is 0.477 bits per heavy atom. The molecule has 214 valence electrons. The second-order valence-electron chi connectivity index (χ2n) is 12.2. The number of hydrogen-bond acceptors (Lipinski definition) is 2. The van der Waals surface area contributed by atoms with Gasteiger partial charge in [0.25, 0.3) is 0 Å². The fourth-order valence-corrected chi connectivity index (χ4v) is 6.17. The molecule has 0 aliphatic carbocycles. The van der Waals surface area contributed by atoms with E-state index in [1.54, 1.807) is 0 Å². The minimum Gasteiger partial charge on any atom is -0.456 e. The van der Waals surface area contributed by atoms with Gasteiger partial charge in [-0.05, 0) is 58.5 Å². The molecule has 6 aromatic carbocycles. The Hall–Kier alpha value is -5.34. The fraction of sp³-hybridized carbons (Fsp3) is 0.0952. The van der Waals surface area contributed by atoms with E-state index in [9.17, 15) is 0 Å². The number of nitrogens with zero attached hydrogens (tertiary/aromatic N) is 1. The highest BCUT2D eigenvalue weighted by molar-refractivity contribution is 5.92. The van der Waals surface area contributed by atoms with Crippen LogP contribution >= 0.6 is 0 Å². The molecule has 7 rings (SSSR count). The van der Waals surface area contributed by atoms with Crippen LogP contribution in [0.1, 0.15) is 26.3 Å². The summed E-state index contributed by atoms with van der Waals surface area (Å²) < 4.78 is 6.60. The summed E-state index contributed by atoms with van der Waals surface area (Å²) in [5.41, 5.74) is 11.1. The number of hydrogen-bond donors (Lipinski definition) is 0. The third-order valence-corrected chi connectivity index (χ3v) is 8.17. The molecule has 0 aliphatic rings. The summed E-state index contributed by atoms with van der Waals surface area (Å²) in [5, 5.41) is 1.17. The van der Waals surface area contributed by atoms with Crippen molar-refractivity contribution < 1.29 is 4.42 Å². The van der Waals surface area contributed by atoms with Gasteiger partial charge in [0.1, 0.15) is 11.3 Å². The van der Waals surface area contributed by atoms with Crippen LogP contribution in [0.3, 0.4) is 0 Å². The molecular formula is C42H35NO. The van der Waals surface area contributed by atoms with Crippen molar-refractivity contribution in [2.75, 3.05) is 4.90 Å². The van der Waals surface area contributed by atoms with E-state index < -0.39 is 0 Å². The van der Waals surface area contributed by atoms with Crippen LogP contribution in [-0.4, -0.2) is 0 Å². The van der Waals surface area contributed by atoms with E-state index in [1.165, 1.54) is 33.2 Å². The first kappa shape index (κ1) is 27.5. The maximum atomic E-state index is 6.60. The van der Waals surface area contributed by atoms with Gasteiger partial charge in [-0.1, -0.05) is 142 Å². The van der Waals surface area contributed by atoms with Crippen LogP contribution in [0.4, 0.5) is 17.1 Å². The molecule has 2 heteroatoms. The minimum absolute atomic E-state index is 0.0925. The Kier molecular flexibility index (Phi) is 7.12. The molecule has 0 N–H and O–H groups in total. The van der Waals surface area contributed by atoms with E-state index in [2.05, 4.69) is 177 Å². The Labute approximate surface area is 259 Å². The molecule has 0 aliphatic heterocycles. The number of anilines is 3. The van der Waals surface area contributed by atoms with Crippen molar-refractivity contribution in [1.82, 2.24) is 0 Å². The summed E-state index contributed by atoms with van der Waals surface area (Å²) in [5.74, 6) is 0.927. The van der Waals surface area contributed by atoms with Crippen LogP contribution in [0.15, 0.2) is 162 Å². The van der Waals surface area contributed by atoms with E-state index in [-0.39, 0.29) is 5.41 Å². The normalized spacial score (nSPS) is 11.5. The first-order chi connectivity index (χ1) is 21.5. The molecule has 1 aromatic heterocycles. The Balaban J connectivity index is 1.42. The first-order valence-electron chi connectivity index (χ1n) is 15.2. The number of furan rings is 1. The van der Waals surface area contributed by atoms with Gasteiger partial charge in [0.15, 0.2) is 0 Å². The zero-order valence-corrected chi connectivity index (χ0v) is 25.4. The van der Waals surface area contributed by atoms with Crippen molar-refractivity contribution in [2.24, 2.45) is 0 Å². The van der Waals surface area contributed by atoms with Gasteiger partial charge in [-0.15, -0.1) is 0 Å². The third-order valence-electron chi connectivity index (χ3n) is 8.17. The van der Waals surface area contributed by atoms with Gasteiger partial charge in [0, 0.05) is 33.5 Å². The number of para-hydroxylation sites is 2. The van der Waals surface area contributed by atoms with Gasteiger partial charge in [-0.25, -0.2) is 0 Å². The zero-order valence-electron chi connectivity index (χ0n) is 25.4. The SMILES string of the molecule is CC(C)(C)c1c(-c2cccc(N(c3ccc(-c4ccccc4)cc3)c3ccccc3-c3ccccc3)c2)oc2ccccc12. The van der Waals surface area contributed by atoms with Crippen molar-refractivity contribution in [1.29, 1.82) is 0 Å².